The Morgan fingerprint density at radius 3 is 1.74 bits per heavy atom. The van der Waals surface area contributed by atoms with E-state index < -0.39 is 48.0 Å². The SMILES string of the molecule is C=C1C=CC(=O)N1CC(=O)NCCCNC(=O)CC(CC(=O)NCNC(=O)CN1C(=O)C=CC1=O)NC(C)=O. The van der Waals surface area contributed by atoms with Gasteiger partial charge in [0.2, 0.25) is 29.5 Å². The predicted molar refractivity (Wildman–Crippen MR) is 134 cm³/mol. The van der Waals surface area contributed by atoms with E-state index in [9.17, 15) is 38.4 Å². The second-order valence-corrected chi connectivity index (χ2v) is 8.58. The summed E-state index contributed by atoms with van der Waals surface area (Å²) in [4.78, 5) is 96.4. The van der Waals surface area contributed by atoms with Crippen molar-refractivity contribution in [2.45, 2.75) is 32.2 Å². The first-order valence-corrected chi connectivity index (χ1v) is 12.0. The molecule has 2 heterocycles. The minimum absolute atomic E-state index is 0.156. The summed E-state index contributed by atoms with van der Waals surface area (Å²) >= 11 is 0. The summed E-state index contributed by atoms with van der Waals surface area (Å²) in [5, 5.41) is 12.5. The third-order valence-corrected chi connectivity index (χ3v) is 5.37. The molecule has 0 saturated carbocycles. The summed E-state index contributed by atoms with van der Waals surface area (Å²) in [6.07, 6.45) is 4.90. The van der Waals surface area contributed by atoms with Crippen molar-refractivity contribution in [2.24, 2.45) is 0 Å². The van der Waals surface area contributed by atoms with E-state index in [-0.39, 0.29) is 51.0 Å². The molecule has 1 unspecified atom stereocenters. The minimum Gasteiger partial charge on any atom is -0.356 e. The molecule has 210 valence electrons. The fourth-order valence-electron chi connectivity index (χ4n) is 3.49. The van der Waals surface area contributed by atoms with Gasteiger partial charge >= 0.3 is 0 Å². The molecule has 1 atom stereocenters. The molecule has 39 heavy (non-hydrogen) atoms. The molecule has 15 nitrogen and oxygen atoms in total. The molecule has 0 spiro atoms. The first-order chi connectivity index (χ1) is 18.5. The van der Waals surface area contributed by atoms with Crippen molar-refractivity contribution in [1.82, 2.24) is 36.4 Å². The number of allylic oxidation sites excluding steroid dienone is 1. The summed E-state index contributed by atoms with van der Waals surface area (Å²) in [6, 6.07) is -0.816. The highest BCUT2D eigenvalue weighted by molar-refractivity contribution is 6.14. The lowest BCUT2D eigenvalue weighted by atomic mass is 10.1. The molecular weight excluding hydrogens is 514 g/mol. The maximum absolute atomic E-state index is 12.3. The van der Waals surface area contributed by atoms with Crippen LogP contribution in [0, 0.1) is 0 Å². The van der Waals surface area contributed by atoms with Gasteiger partial charge in [-0.1, -0.05) is 6.58 Å². The van der Waals surface area contributed by atoms with Crippen molar-refractivity contribution in [3.63, 3.8) is 0 Å². The second kappa shape index (κ2) is 14.8. The normalized spacial score (nSPS) is 14.9. The number of hydrogen-bond donors (Lipinski definition) is 5. The van der Waals surface area contributed by atoms with Crippen LogP contribution >= 0.6 is 0 Å². The first-order valence-electron chi connectivity index (χ1n) is 12.0. The lowest BCUT2D eigenvalue weighted by Crippen LogP contribution is -2.46. The zero-order chi connectivity index (χ0) is 28.9. The Kier molecular flexibility index (Phi) is 11.5. The average Bonchev–Trinajstić information content (AvgIpc) is 3.33. The van der Waals surface area contributed by atoms with Gasteiger partial charge in [-0.3, -0.25) is 43.3 Å². The minimum atomic E-state index is -0.816. The summed E-state index contributed by atoms with van der Waals surface area (Å²) in [6.45, 7) is 4.44. The fourth-order valence-corrected chi connectivity index (χ4v) is 3.49. The van der Waals surface area contributed by atoms with Crippen molar-refractivity contribution in [2.75, 3.05) is 32.8 Å². The lowest BCUT2D eigenvalue weighted by Gasteiger charge is -2.18. The quantitative estimate of drug-likeness (QED) is 0.0809. The van der Waals surface area contributed by atoms with Gasteiger partial charge in [-0.2, -0.15) is 0 Å². The second-order valence-electron chi connectivity index (χ2n) is 8.58. The van der Waals surface area contributed by atoms with Gasteiger partial charge in [0.25, 0.3) is 17.7 Å². The number of carbonyl (C=O) groups is 8. The van der Waals surface area contributed by atoms with E-state index in [1.54, 1.807) is 0 Å². The van der Waals surface area contributed by atoms with Crippen LogP contribution in [0.3, 0.4) is 0 Å². The van der Waals surface area contributed by atoms with Gasteiger partial charge in [-0.05, 0) is 12.5 Å². The highest BCUT2D eigenvalue weighted by Gasteiger charge is 2.25. The van der Waals surface area contributed by atoms with Crippen LogP contribution in [0.25, 0.3) is 0 Å². The number of imide groups is 1. The van der Waals surface area contributed by atoms with E-state index in [4.69, 9.17) is 0 Å². The standard InChI is InChI=1S/C24H31N7O8/c1-15-4-5-22(37)30(15)12-20(35)26-9-3-8-25-18(33)10-17(29-16(2)32)11-19(34)27-14-28-21(36)13-31-23(38)6-7-24(31)39/h4-7,17H,1,3,8-14H2,2H3,(H,25,33)(H,26,35)(H,27,34)(H,28,36)(H,29,32). The topological polar surface area (TPSA) is 203 Å². The van der Waals surface area contributed by atoms with Crippen LogP contribution in [-0.4, -0.2) is 95.9 Å². The molecule has 15 heteroatoms. The smallest absolute Gasteiger partial charge is 0.254 e. The van der Waals surface area contributed by atoms with Crippen molar-refractivity contribution >= 4 is 47.3 Å². The molecule has 0 bridgehead atoms. The number of rotatable bonds is 15. The van der Waals surface area contributed by atoms with Gasteiger partial charge in [0.1, 0.15) is 13.1 Å². The average molecular weight is 546 g/mol. The fraction of sp³-hybridized carbons (Fsp3) is 0.417. The molecule has 0 aliphatic carbocycles. The third kappa shape index (κ3) is 10.6. The first kappa shape index (κ1) is 30.4. The summed E-state index contributed by atoms with van der Waals surface area (Å²) < 4.78 is 0. The van der Waals surface area contributed by atoms with Crippen LogP contribution < -0.4 is 26.6 Å². The molecule has 0 aromatic carbocycles. The Morgan fingerprint density at radius 1 is 0.718 bits per heavy atom. The van der Waals surface area contributed by atoms with E-state index in [2.05, 4.69) is 33.2 Å². The van der Waals surface area contributed by atoms with Gasteiger partial charge < -0.3 is 31.5 Å². The molecule has 5 N–H and O–H groups in total. The predicted octanol–water partition coefficient (Wildman–Crippen LogP) is -3.08. The van der Waals surface area contributed by atoms with E-state index in [1.807, 2.05) is 0 Å². The summed E-state index contributed by atoms with van der Waals surface area (Å²) in [5.41, 5.74) is 0.431. The van der Waals surface area contributed by atoms with Crippen molar-refractivity contribution < 1.29 is 38.4 Å². The molecule has 0 radical (unpaired) electrons. The Hall–Kier alpha value is -4.82. The Bertz CT molecular complexity index is 1080. The zero-order valence-corrected chi connectivity index (χ0v) is 21.4. The Morgan fingerprint density at radius 2 is 1.18 bits per heavy atom. The van der Waals surface area contributed by atoms with Gasteiger partial charge in [0.05, 0.1) is 6.67 Å². The van der Waals surface area contributed by atoms with Crippen molar-refractivity contribution in [3.05, 3.63) is 36.6 Å². The Labute approximate surface area is 224 Å². The van der Waals surface area contributed by atoms with E-state index in [0.717, 1.165) is 17.1 Å². The van der Waals surface area contributed by atoms with E-state index >= 15 is 0 Å². The molecule has 0 fully saturated rings. The van der Waals surface area contributed by atoms with E-state index in [0.29, 0.717) is 12.1 Å². The number of nitrogens with one attached hydrogen (secondary N) is 5. The van der Waals surface area contributed by atoms with Crippen molar-refractivity contribution in [3.8, 4) is 0 Å². The molecule has 2 aliphatic heterocycles. The van der Waals surface area contributed by atoms with Crippen LogP contribution in [0.1, 0.15) is 26.2 Å². The third-order valence-electron chi connectivity index (χ3n) is 5.37. The van der Waals surface area contributed by atoms with Gasteiger partial charge in [0.15, 0.2) is 0 Å². The maximum atomic E-state index is 12.3. The van der Waals surface area contributed by atoms with E-state index in [1.165, 1.54) is 24.0 Å². The largest absolute Gasteiger partial charge is 0.356 e. The van der Waals surface area contributed by atoms with Crippen LogP contribution in [0.2, 0.25) is 0 Å². The monoisotopic (exact) mass is 545 g/mol. The molecule has 0 aromatic heterocycles. The number of nitrogens with zero attached hydrogens (tertiary/aromatic N) is 2. The summed E-state index contributed by atoms with van der Waals surface area (Å²) in [7, 11) is 0. The highest BCUT2D eigenvalue weighted by atomic mass is 16.2. The van der Waals surface area contributed by atoms with Gasteiger partial charge in [0, 0.05) is 62.8 Å². The van der Waals surface area contributed by atoms with Crippen LogP contribution in [0.4, 0.5) is 0 Å². The molecule has 8 amide bonds. The van der Waals surface area contributed by atoms with Crippen molar-refractivity contribution in [1.29, 1.82) is 0 Å². The van der Waals surface area contributed by atoms with Gasteiger partial charge in [-0.15, -0.1) is 0 Å². The molecule has 0 aromatic rings. The van der Waals surface area contributed by atoms with Crippen LogP contribution in [0.15, 0.2) is 36.6 Å². The lowest BCUT2D eigenvalue weighted by molar-refractivity contribution is -0.141. The Balaban J connectivity index is 1.63. The molecule has 2 aliphatic rings. The molecular formula is C24H31N7O8. The van der Waals surface area contributed by atoms with Crippen LogP contribution in [0.5, 0.6) is 0 Å². The number of amides is 8. The number of carbonyl (C=O) groups excluding carboxylic acids is 8. The van der Waals surface area contributed by atoms with Crippen LogP contribution in [-0.2, 0) is 38.4 Å². The maximum Gasteiger partial charge on any atom is 0.254 e. The zero-order valence-electron chi connectivity index (χ0n) is 21.4. The highest BCUT2D eigenvalue weighted by Crippen LogP contribution is 2.11. The molecule has 0 saturated heterocycles. The van der Waals surface area contributed by atoms with Gasteiger partial charge in [-0.25, -0.2) is 0 Å². The summed E-state index contributed by atoms with van der Waals surface area (Å²) in [5.74, 6) is -4.02. The molecule has 2 rings (SSSR count). The number of hydrogen-bond acceptors (Lipinski definition) is 8.